The minimum Gasteiger partial charge on any atom is -0.377 e. The molecule has 0 saturated heterocycles. The zero-order valence-corrected chi connectivity index (χ0v) is 14.8. The fourth-order valence-corrected chi connectivity index (χ4v) is 2.85. The molecule has 0 fully saturated rings. The maximum atomic E-state index is 9.10. The number of rotatable bonds is 18. The van der Waals surface area contributed by atoms with E-state index in [0.717, 1.165) is 25.7 Å². The Labute approximate surface area is 142 Å². The van der Waals surface area contributed by atoms with Crippen molar-refractivity contribution in [1.82, 2.24) is 5.48 Å². The highest BCUT2D eigenvalue weighted by Gasteiger charge is 2.00. The van der Waals surface area contributed by atoms with Crippen molar-refractivity contribution in [3.63, 3.8) is 0 Å². The maximum Gasteiger partial charge on any atom is 0.151 e. The summed E-state index contributed by atoms with van der Waals surface area (Å²) in [5.41, 5.74) is 1.85. The van der Waals surface area contributed by atoms with Crippen molar-refractivity contribution in [2.45, 2.75) is 115 Å². The number of aliphatic hydroxyl groups excluding tert-OH is 2. The Kier molecular flexibility index (Phi) is 18.0. The molecule has 5 N–H and O–H groups in total. The lowest BCUT2D eigenvalue weighted by atomic mass is 10.0. The molecule has 0 aromatic heterocycles. The van der Waals surface area contributed by atoms with Crippen LogP contribution in [-0.4, -0.2) is 33.0 Å². The minimum atomic E-state index is -1.13. The van der Waals surface area contributed by atoms with Crippen molar-refractivity contribution >= 4 is 0 Å². The Morgan fingerprint density at radius 3 is 1.09 bits per heavy atom. The standard InChI is InChI=1S/C18H39NO4/c20-17(19-23)15-13-11-9-7-5-3-1-2-4-6-8-10-12-14-16-18(21)22/h17-23H,1-16H2. The predicted octanol–water partition coefficient (Wildman–Crippen LogP) is 3.84. The molecule has 0 aliphatic rings. The SMILES string of the molecule is ONC(O)CCCCCCCCCCCCCCCCC(O)O. The molecule has 0 radical (unpaired) electrons. The zero-order valence-electron chi connectivity index (χ0n) is 14.8. The first kappa shape index (κ1) is 22.8. The molecule has 0 spiro atoms. The fourth-order valence-electron chi connectivity index (χ4n) is 2.85. The van der Waals surface area contributed by atoms with Crippen molar-refractivity contribution in [3.05, 3.63) is 0 Å². The summed E-state index contributed by atoms with van der Waals surface area (Å²) in [4.78, 5) is 0. The van der Waals surface area contributed by atoms with Gasteiger partial charge < -0.3 is 20.5 Å². The van der Waals surface area contributed by atoms with Crippen molar-refractivity contribution in [3.8, 4) is 0 Å². The Bertz CT molecular complexity index is 227. The number of aliphatic hydroxyl groups is 3. The van der Waals surface area contributed by atoms with Crippen LogP contribution < -0.4 is 5.48 Å². The van der Waals surface area contributed by atoms with E-state index < -0.39 is 12.5 Å². The number of hydrogen-bond acceptors (Lipinski definition) is 5. The van der Waals surface area contributed by atoms with E-state index in [-0.39, 0.29) is 0 Å². The molecule has 23 heavy (non-hydrogen) atoms. The molecule has 0 bridgehead atoms. The lowest BCUT2D eigenvalue weighted by molar-refractivity contribution is -0.0466. The smallest absolute Gasteiger partial charge is 0.151 e. The fraction of sp³-hybridized carbons (Fsp3) is 1.00. The Hall–Kier alpha value is -0.200. The topological polar surface area (TPSA) is 93.0 Å². The first-order valence-electron chi connectivity index (χ1n) is 9.60. The third-order valence-corrected chi connectivity index (χ3v) is 4.34. The van der Waals surface area contributed by atoms with Gasteiger partial charge in [-0.2, -0.15) is 5.48 Å². The van der Waals surface area contributed by atoms with Gasteiger partial charge in [-0.1, -0.05) is 77.0 Å². The van der Waals surface area contributed by atoms with E-state index in [1.54, 1.807) is 0 Å². The van der Waals surface area contributed by atoms with Gasteiger partial charge in [-0.25, -0.2) is 0 Å². The van der Waals surface area contributed by atoms with Gasteiger partial charge in [-0.05, 0) is 25.7 Å². The summed E-state index contributed by atoms with van der Waals surface area (Å²) in [6.07, 6.45) is 16.3. The summed E-state index contributed by atoms with van der Waals surface area (Å²) in [6.45, 7) is 0. The summed E-state index contributed by atoms with van der Waals surface area (Å²) >= 11 is 0. The summed E-state index contributed by atoms with van der Waals surface area (Å²) in [6, 6.07) is 0. The Morgan fingerprint density at radius 1 is 0.478 bits per heavy atom. The molecule has 5 nitrogen and oxygen atoms in total. The highest BCUT2D eigenvalue weighted by Crippen LogP contribution is 2.14. The summed E-state index contributed by atoms with van der Waals surface area (Å²) in [5.74, 6) is 0. The Morgan fingerprint density at radius 2 is 0.783 bits per heavy atom. The number of unbranched alkanes of at least 4 members (excludes halogenated alkanes) is 13. The first-order chi connectivity index (χ1) is 11.2. The van der Waals surface area contributed by atoms with Gasteiger partial charge in [0.2, 0.25) is 0 Å². The van der Waals surface area contributed by atoms with E-state index in [9.17, 15) is 0 Å². The van der Waals surface area contributed by atoms with E-state index in [0.29, 0.717) is 12.8 Å². The molecule has 0 amide bonds. The van der Waals surface area contributed by atoms with Crippen LogP contribution in [-0.2, 0) is 0 Å². The average Bonchev–Trinajstić information content (AvgIpc) is 2.53. The largest absolute Gasteiger partial charge is 0.377 e. The zero-order chi connectivity index (χ0) is 17.2. The monoisotopic (exact) mass is 333 g/mol. The highest BCUT2D eigenvalue weighted by molar-refractivity contribution is 4.51. The molecule has 1 unspecified atom stereocenters. The quantitative estimate of drug-likeness (QED) is 0.149. The van der Waals surface area contributed by atoms with Gasteiger partial charge in [0.1, 0.15) is 6.23 Å². The van der Waals surface area contributed by atoms with Gasteiger partial charge in [0.25, 0.3) is 0 Å². The van der Waals surface area contributed by atoms with Crippen molar-refractivity contribution in [1.29, 1.82) is 0 Å². The molecule has 140 valence electrons. The van der Waals surface area contributed by atoms with Crippen LogP contribution in [0, 0.1) is 0 Å². The van der Waals surface area contributed by atoms with Gasteiger partial charge >= 0.3 is 0 Å². The van der Waals surface area contributed by atoms with Crippen molar-refractivity contribution in [2.75, 3.05) is 0 Å². The van der Waals surface area contributed by atoms with Crippen LogP contribution in [0.4, 0.5) is 0 Å². The molecule has 0 aliphatic heterocycles. The van der Waals surface area contributed by atoms with E-state index in [2.05, 4.69) is 0 Å². The number of nitrogens with one attached hydrogen (secondary N) is 1. The van der Waals surface area contributed by atoms with Crippen LogP contribution in [0.5, 0.6) is 0 Å². The lowest BCUT2D eigenvalue weighted by Gasteiger charge is -2.07. The predicted molar refractivity (Wildman–Crippen MR) is 93.0 cm³/mol. The van der Waals surface area contributed by atoms with E-state index >= 15 is 0 Å². The molecule has 0 aromatic carbocycles. The molecule has 0 aliphatic carbocycles. The van der Waals surface area contributed by atoms with Crippen molar-refractivity contribution in [2.24, 2.45) is 0 Å². The summed E-state index contributed by atoms with van der Waals surface area (Å²) < 4.78 is 0. The van der Waals surface area contributed by atoms with Gasteiger partial charge in [0.05, 0.1) is 0 Å². The van der Waals surface area contributed by atoms with E-state index in [1.807, 2.05) is 5.48 Å². The van der Waals surface area contributed by atoms with Crippen LogP contribution >= 0.6 is 0 Å². The molecule has 1 atom stereocenters. The summed E-state index contributed by atoms with van der Waals surface area (Å²) in [5, 5.41) is 35.0. The van der Waals surface area contributed by atoms with Crippen LogP contribution in [0.15, 0.2) is 0 Å². The van der Waals surface area contributed by atoms with Crippen LogP contribution in [0.1, 0.15) is 103 Å². The van der Waals surface area contributed by atoms with Gasteiger partial charge in [-0.3, -0.25) is 0 Å². The molecule has 0 rings (SSSR count). The van der Waals surface area contributed by atoms with E-state index in [4.69, 9.17) is 20.5 Å². The van der Waals surface area contributed by atoms with Crippen LogP contribution in [0.25, 0.3) is 0 Å². The number of hydrogen-bond donors (Lipinski definition) is 5. The van der Waals surface area contributed by atoms with E-state index in [1.165, 1.54) is 64.2 Å². The second-order valence-corrected chi connectivity index (χ2v) is 6.65. The third-order valence-electron chi connectivity index (χ3n) is 4.34. The lowest BCUT2D eigenvalue weighted by Crippen LogP contribution is -2.24. The normalized spacial score (nSPS) is 12.9. The van der Waals surface area contributed by atoms with Crippen molar-refractivity contribution < 1.29 is 20.5 Å². The molecule has 0 heterocycles. The van der Waals surface area contributed by atoms with Gasteiger partial charge in [-0.15, -0.1) is 0 Å². The second kappa shape index (κ2) is 18.1. The molecule has 0 saturated carbocycles. The molecule has 5 heteroatoms. The average molecular weight is 334 g/mol. The second-order valence-electron chi connectivity index (χ2n) is 6.65. The van der Waals surface area contributed by atoms with Gasteiger partial charge in [0, 0.05) is 0 Å². The molecule has 0 aromatic rings. The maximum absolute atomic E-state index is 9.10. The first-order valence-corrected chi connectivity index (χ1v) is 9.60. The highest BCUT2D eigenvalue weighted by atomic mass is 16.5. The Balaban J connectivity index is 3.00. The third kappa shape index (κ3) is 19.8. The molecular weight excluding hydrogens is 294 g/mol. The van der Waals surface area contributed by atoms with Gasteiger partial charge in [0.15, 0.2) is 6.29 Å². The number of hydroxylamine groups is 1. The van der Waals surface area contributed by atoms with Crippen LogP contribution in [0.2, 0.25) is 0 Å². The minimum absolute atomic E-state index is 0.513. The van der Waals surface area contributed by atoms with Crippen LogP contribution in [0.3, 0.4) is 0 Å². The summed E-state index contributed by atoms with van der Waals surface area (Å²) in [7, 11) is 0. The molecular formula is C18H39NO4.